The summed E-state index contributed by atoms with van der Waals surface area (Å²) < 4.78 is 20.7. The highest BCUT2D eigenvalue weighted by molar-refractivity contribution is 6.05. The van der Waals surface area contributed by atoms with Gasteiger partial charge in [0.25, 0.3) is 11.5 Å². The number of nitrogen functional groups attached to an aromatic ring is 1. The number of amides is 1. The van der Waals surface area contributed by atoms with Crippen LogP contribution in [0.4, 0.5) is 15.9 Å². The van der Waals surface area contributed by atoms with Crippen LogP contribution in [0.5, 0.6) is 5.75 Å². The Morgan fingerprint density at radius 3 is 2.59 bits per heavy atom. The lowest BCUT2D eigenvalue weighted by molar-refractivity contribution is -0.114. The molecule has 0 saturated carbocycles. The van der Waals surface area contributed by atoms with E-state index in [0.29, 0.717) is 17.7 Å². The minimum atomic E-state index is -0.794. The molecule has 0 aliphatic carbocycles. The fourth-order valence-electron chi connectivity index (χ4n) is 3.51. The molecule has 0 aliphatic rings. The van der Waals surface area contributed by atoms with E-state index in [9.17, 15) is 18.8 Å². The second-order valence-electron chi connectivity index (χ2n) is 7.59. The summed E-state index contributed by atoms with van der Waals surface area (Å²) in [7, 11) is 1.50. The van der Waals surface area contributed by atoms with Gasteiger partial charge in [-0.05, 0) is 24.6 Å². The average molecular weight is 467 g/mol. The van der Waals surface area contributed by atoms with Crippen molar-refractivity contribution in [1.82, 2.24) is 9.55 Å². The molecule has 3 N–H and O–H groups in total. The average Bonchev–Trinajstić information content (AvgIpc) is 2.82. The molecule has 1 heterocycles. The third-order valence-electron chi connectivity index (χ3n) is 5.32. The van der Waals surface area contributed by atoms with Crippen LogP contribution in [-0.4, -0.2) is 22.6 Å². The van der Waals surface area contributed by atoms with E-state index in [0.717, 1.165) is 17.4 Å². The first-order valence-electron chi connectivity index (χ1n) is 10.9. The van der Waals surface area contributed by atoms with Gasteiger partial charge in [-0.15, -0.1) is 0 Å². The van der Waals surface area contributed by atoms with Gasteiger partial charge < -0.3 is 10.5 Å². The van der Waals surface area contributed by atoms with Crippen molar-refractivity contribution in [1.29, 1.82) is 0 Å². The first kappa shape index (κ1) is 24.5. The Bertz CT molecular complexity index is 1310. The Kier molecular flexibility index (Phi) is 8.02. The number of ether oxygens (including phenoxy) is 1. The molecule has 0 radical (unpaired) electrons. The fourth-order valence-corrected chi connectivity index (χ4v) is 3.51. The number of hydrogen-bond acceptors (Lipinski definition) is 5. The number of aromatic amines is 1. The second-order valence-corrected chi connectivity index (χ2v) is 7.59. The van der Waals surface area contributed by atoms with E-state index in [1.54, 1.807) is 36.4 Å². The monoisotopic (exact) mass is 466 g/mol. The maximum atomic E-state index is 14.0. The molecule has 0 unspecified atom stereocenters. The highest BCUT2D eigenvalue weighted by Crippen LogP contribution is 2.25. The zero-order valence-corrected chi connectivity index (χ0v) is 19.1. The number of H-pyrrole nitrogens is 1. The summed E-state index contributed by atoms with van der Waals surface area (Å²) in [6, 6.07) is 13.0. The first-order chi connectivity index (χ1) is 16.4. The smallest absolute Gasteiger partial charge is 0.330 e. The number of carbonyl (C=O) groups excluding carboxylic acids is 1. The van der Waals surface area contributed by atoms with E-state index in [-0.39, 0.29) is 30.2 Å². The lowest BCUT2D eigenvalue weighted by Gasteiger charge is -2.24. The molecule has 1 aromatic heterocycles. The van der Waals surface area contributed by atoms with Crippen molar-refractivity contribution in [2.24, 2.45) is 0 Å². The van der Waals surface area contributed by atoms with E-state index in [4.69, 9.17) is 10.5 Å². The van der Waals surface area contributed by atoms with Crippen LogP contribution in [0.15, 0.2) is 64.2 Å². The van der Waals surface area contributed by atoms with Crippen LogP contribution >= 0.6 is 0 Å². The quantitative estimate of drug-likeness (QED) is 0.470. The fraction of sp³-hybridized carbons (Fsp3) is 0.240. The lowest BCUT2D eigenvalue weighted by atomic mass is 10.1. The largest absolute Gasteiger partial charge is 0.496 e. The molecule has 0 spiro atoms. The molecule has 0 saturated heterocycles. The van der Waals surface area contributed by atoms with E-state index in [1.165, 1.54) is 29.9 Å². The molecule has 8 nitrogen and oxygen atoms in total. The minimum Gasteiger partial charge on any atom is -0.496 e. The highest BCUT2D eigenvalue weighted by atomic mass is 19.1. The Balaban J connectivity index is 2.12. The Labute approximate surface area is 196 Å². The van der Waals surface area contributed by atoms with E-state index < -0.39 is 23.0 Å². The lowest BCUT2D eigenvalue weighted by Crippen LogP contribution is -2.40. The molecule has 3 rings (SSSR count). The summed E-state index contributed by atoms with van der Waals surface area (Å²) in [6.07, 6.45) is 3.94. The summed E-state index contributed by atoms with van der Waals surface area (Å²) in [4.78, 5) is 42.0. The van der Waals surface area contributed by atoms with E-state index in [1.807, 2.05) is 6.92 Å². The molecule has 1 amide bonds. The van der Waals surface area contributed by atoms with Gasteiger partial charge in [-0.1, -0.05) is 49.7 Å². The molecular formula is C25H27FN4O4. The third-order valence-corrected chi connectivity index (χ3v) is 5.32. The van der Waals surface area contributed by atoms with Gasteiger partial charge in [0.05, 0.1) is 13.7 Å². The number of methoxy groups -OCH3 is 1. The molecule has 0 atom stereocenters. The SMILES string of the molecule is CCCCn1c(N)c(N(Cc2ccccc2OC)C(=O)/C=C/c2ccccc2F)c(=O)[nH]c1=O. The van der Waals surface area contributed by atoms with Crippen molar-refractivity contribution in [2.45, 2.75) is 32.9 Å². The number of hydrogen-bond donors (Lipinski definition) is 2. The van der Waals surface area contributed by atoms with Crippen molar-refractivity contribution in [2.75, 3.05) is 17.7 Å². The van der Waals surface area contributed by atoms with Crippen LogP contribution in [-0.2, 0) is 17.9 Å². The zero-order valence-electron chi connectivity index (χ0n) is 19.1. The van der Waals surface area contributed by atoms with E-state index in [2.05, 4.69) is 4.98 Å². The molecular weight excluding hydrogens is 439 g/mol. The van der Waals surface area contributed by atoms with Crippen LogP contribution in [0.3, 0.4) is 0 Å². The zero-order chi connectivity index (χ0) is 24.7. The van der Waals surface area contributed by atoms with E-state index >= 15 is 0 Å². The van der Waals surface area contributed by atoms with Gasteiger partial charge >= 0.3 is 5.69 Å². The number of benzene rings is 2. The molecule has 178 valence electrons. The predicted octanol–water partition coefficient (Wildman–Crippen LogP) is 3.31. The topological polar surface area (TPSA) is 110 Å². The molecule has 9 heteroatoms. The summed E-state index contributed by atoms with van der Waals surface area (Å²) in [5.74, 6) is -0.724. The maximum absolute atomic E-state index is 14.0. The highest BCUT2D eigenvalue weighted by Gasteiger charge is 2.24. The second kappa shape index (κ2) is 11.1. The number of carbonyl (C=O) groups is 1. The van der Waals surface area contributed by atoms with Gasteiger partial charge in [-0.25, -0.2) is 9.18 Å². The van der Waals surface area contributed by atoms with Crippen molar-refractivity contribution >= 4 is 23.5 Å². The van der Waals surface area contributed by atoms with Gasteiger partial charge in [0.2, 0.25) is 0 Å². The number of para-hydroxylation sites is 1. The molecule has 0 aliphatic heterocycles. The van der Waals surface area contributed by atoms with Crippen molar-refractivity contribution in [3.8, 4) is 5.75 Å². The Morgan fingerprint density at radius 2 is 1.88 bits per heavy atom. The number of nitrogens with one attached hydrogen (secondary N) is 1. The summed E-state index contributed by atoms with van der Waals surface area (Å²) in [6.45, 7) is 2.18. The van der Waals surface area contributed by atoms with Crippen molar-refractivity contribution in [3.05, 3.63) is 92.4 Å². The summed E-state index contributed by atoms with van der Waals surface area (Å²) in [5, 5.41) is 0. The number of anilines is 2. The molecule has 3 aromatic rings. The van der Waals surface area contributed by atoms with Crippen molar-refractivity contribution < 1.29 is 13.9 Å². The van der Waals surface area contributed by atoms with Crippen LogP contribution < -0.4 is 26.6 Å². The predicted molar refractivity (Wildman–Crippen MR) is 130 cm³/mol. The number of nitrogens with zero attached hydrogens (tertiary/aromatic N) is 2. The Hall–Kier alpha value is -4.14. The van der Waals surface area contributed by atoms with Gasteiger partial charge in [0.1, 0.15) is 17.4 Å². The molecule has 2 aromatic carbocycles. The van der Waals surface area contributed by atoms with Crippen molar-refractivity contribution in [3.63, 3.8) is 0 Å². The minimum absolute atomic E-state index is 0.0658. The summed E-state index contributed by atoms with van der Waals surface area (Å²) >= 11 is 0. The standard InChI is InChI=1S/C25H27FN4O4/c1-3-4-15-29-23(27)22(24(32)28-25(29)33)30(16-18-10-6-8-12-20(18)34-2)21(31)14-13-17-9-5-7-11-19(17)26/h5-14H,3-4,15-16,27H2,1-2H3,(H,28,32,33)/b14-13+. The van der Waals surface area contributed by atoms with Crippen LogP contribution in [0.1, 0.15) is 30.9 Å². The number of unbranched alkanes of at least 4 members (excludes halogenated alkanes) is 1. The normalized spacial score (nSPS) is 11.0. The number of halogens is 1. The van der Waals surface area contributed by atoms with Gasteiger partial charge in [-0.3, -0.25) is 24.0 Å². The van der Waals surface area contributed by atoms with Gasteiger partial charge in [-0.2, -0.15) is 0 Å². The van der Waals surface area contributed by atoms with Crippen LogP contribution in [0.2, 0.25) is 0 Å². The number of nitrogens with two attached hydrogens (primary N) is 1. The van der Waals surface area contributed by atoms with Crippen LogP contribution in [0.25, 0.3) is 6.08 Å². The maximum Gasteiger partial charge on any atom is 0.330 e. The Morgan fingerprint density at radius 1 is 1.18 bits per heavy atom. The van der Waals surface area contributed by atoms with Gasteiger partial charge in [0, 0.05) is 23.7 Å². The molecule has 0 fully saturated rings. The third kappa shape index (κ3) is 5.43. The number of rotatable bonds is 9. The molecule has 34 heavy (non-hydrogen) atoms. The van der Waals surface area contributed by atoms with Crippen LogP contribution in [0, 0.1) is 5.82 Å². The first-order valence-corrected chi connectivity index (χ1v) is 10.9. The molecule has 0 bridgehead atoms. The summed E-state index contributed by atoms with van der Waals surface area (Å²) in [5.41, 5.74) is 5.48. The van der Waals surface area contributed by atoms with Gasteiger partial charge in [0.15, 0.2) is 5.69 Å². The number of aromatic nitrogens is 2.